The third-order valence-electron chi connectivity index (χ3n) is 4.25. The fourth-order valence-electron chi connectivity index (χ4n) is 2.64. The van der Waals surface area contributed by atoms with Crippen molar-refractivity contribution in [2.45, 2.75) is 19.6 Å². The van der Waals surface area contributed by atoms with Gasteiger partial charge in [-0.3, -0.25) is 9.36 Å². The van der Waals surface area contributed by atoms with Crippen LogP contribution in [-0.2, 0) is 11.3 Å². The van der Waals surface area contributed by atoms with Crippen LogP contribution >= 0.6 is 0 Å². The van der Waals surface area contributed by atoms with Crippen molar-refractivity contribution < 1.29 is 19.4 Å². The summed E-state index contributed by atoms with van der Waals surface area (Å²) in [4.78, 5) is 40.1. The number of esters is 1. The summed E-state index contributed by atoms with van der Waals surface area (Å²) in [5.41, 5.74) is 1.19. The predicted octanol–water partition coefficient (Wildman–Crippen LogP) is 2.02. The lowest BCUT2D eigenvalue weighted by Gasteiger charge is -2.13. The maximum Gasteiger partial charge on any atom is 0.349 e. The second kappa shape index (κ2) is 9.62. The minimum atomic E-state index is -1.09. The first-order valence-corrected chi connectivity index (χ1v) is 9.28. The van der Waals surface area contributed by atoms with Crippen LogP contribution in [0.25, 0.3) is 0 Å². The molecule has 1 amide bonds. The molecule has 30 heavy (non-hydrogen) atoms. The minimum absolute atomic E-state index is 0.102. The predicted molar refractivity (Wildman–Crippen MR) is 110 cm³/mol. The van der Waals surface area contributed by atoms with Gasteiger partial charge in [-0.1, -0.05) is 35.9 Å². The lowest BCUT2D eigenvalue weighted by Crippen LogP contribution is -2.31. The van der Waals surface area contributed by atoms with Gasteiger partial charge in [0.1, 0.15) is 18.5 Å². The van der Waals surface area contributed by atoms with Gasteiger partial charge in [-0.25, -0.2) is 9.59 Å². The zero-order chi connectivity index (χ0) is 21.5. The molecule has 0 aliphatic carbocycles. The molecule has 0 saturated heterocycles. The average molecular weight is 407 g/mol. The smallest absolute Gasteiger partial charge is 0.349 e. The molecule has 0 bridgehead atoms. The van der Waals surface area contributed by atoms with Crippen LogP contribution in [0, 0.1) is 6.92 Å². The van der Waals surface area contributed by atoms with Crippen molar-refractivity contribution in [3.05, 3.63) is 94.0 Å². The van der Waals surface area contributed by atoms with Gasteiger partial charge in [0.15, 0.2) is 0 Å². The van der Waals surface area contributed by atoms with Gasteiger partial charge in [0, 0.05) is 11.8 Å². The number of carbonyl (C=O) groups is 2. The SMILES string of the molecule is Cc1ccc(C(=O)OC[C@H](O)Cn2ccc(NC(=O)c3ccccc3)nc2=O)cc1. The quantitative estimate of drug-likeness (QED) is 0.580. The molecule has 8 heteroatoms. The Morgan fingerprint density at radius 2 is 1.77 bits per heavy atom. The number of amides is 1. The van der Waals surface area contributed by atoms with Crippen LogP contribution in [0.3, 0.4) is 0 Å². The van der Waals surface area contributed by atoms with Crippen LogP contribution in [0.4, 0.5) is 5.82 Å². The molecule has 0 radical (unpaired) electrons. The van der Waals surface area contributed by atoms with Crippen molar-refractivity contribution in [1.82, 2.24) is 9.55 Å². The van der Waals surface area contributed by atoms with E-state index in [9.17, 15) is 19.5 Å². The molecule has 154 valence electrons. The Balaban J connectivity index is 1.55. The number of benzene rings is 2. The van der Waals surface area contributed by atoms with Crippen molar-refractivity contribution in [1.29, 1.82) is 0 Å². The van der Waals surface area contributed by atoms with Gasteiger partial charge in [-0.2, -0.15) is 4.98 Å². The number of aromatic nitrogens is 2. The van der Waals surface area contributed by atoms with Crippen LogP contribution in [-0.4, -0.2) is 39.2 Å². The Morgan fingerprint density at radius 1 is 1.07 bits per heavy atom. The van der Waals surface area contributed by atoms with E-state index < -0.39 is 17.8 Å². The molecule has 1 heterocycles. The average Bonchev–Trinajstić information content (AvgIpc) is 2.75. The number of ether oxygens (including phenoxy) is 1. The van der Waals surface area contributed by atoms with Crippen LogP contribution in [0.5, 0.6) is 0 Å². The highest BCUT2D eigenvalue weighted by Crippen LogP contribution is 2.07. The van der Waals surface area contributed by atoms with Gasteiger partial charge in [-0.15, -0.1) is 0 Å². The van der Waals surface area contributed by atoms with E-state index in [0.717, 1.165) is 5.56 Å². The van der Waals surface area contributed by atoms with Crippen LogP contribution in [0.2, 0.25) is 0 Å². The minimum Gasteiger partial charge on any atom is -0.459 e. The topological polar surface area (TPSA) is 111 Å². The summed E-state index contributed by atoms with van der Waals surface area (Å²) in [6, 6.07) is 16.8. The number of nitrogens with zero attached hydrogens (tertiary/aromatic N) is 2. The van der Waals surface area contributed by atoms with Gasteiger partial charge in [0.25, 0.3) is 5.91 Å². The van der Waals surface area contributed by atoms with Crippen LogP contribution in [0.15, 0.2) is 71.7 Å². The molecule has 0 saturated carbocycles. The van der Waals surface area contributed by atoms with Crippen molar-refractivity contribution in [2.75, 3.05) is 11.9 Å². The number of nitrogens with one attached hydrogen (secondary N) is 1. The summed E-state index contributed by atoms with van der Waals surface area (Å²) >= 11 is 0. The van der Waals surface area contributed by atoms with Gasteiger partial charge in [0.2, 0.25) is 0 Å². The first-order chi connectivity index (χ1) is 14.4. The molecule has 2 aromatic carbocycles. The third kappa shape index (κ3) is 5.62. The van der Waals surface area contributed by atoms with Gasteiger partial charge >= 0.3 is 11.7 Å². The van der Waals surface area contributed by atoms with Crippen molar-refractivity contribution in [2.24, 2.45) is 0 Å². The van der Waals surface area contributed by atoms with Gasteiger partial charge < -0.3 is 15.2 Å². The van der Waals surface area contributed by atoms with Crippen molar-refractivity contribution in [3.63, 3.8) is 0 Å². The Hall–Kier alpha value is -3.78. The van der Waals surface area contributed by atoms with Crippen molar-refractivity contribution in [3.8, 4) is 0 Å². The highest BCUT2D eigenvalue weighted by atomic mass is 16.5. The van der Waals surface area contributed by atoms with E-state index in [1.54, 1.807) is 54.6 Å². The first kappa shape index (κ1) is 20.9. The molecule has 3 rings (SSSR count). The fraction of sp³-hybridized carbons (Fsp3) is 0.182. The molecule has 0 spiro atoms. The van der Waals surface area contributed by atoms with Crippen LogP contribution < -0.4 is 11.0 Å². The van der Waals surface area contributed by atoms with E-state index in [2.05, 4.69) is 10.3 Å². The van der Waals surface area contributed by atoms with E-state index in [0.29, 0.717) is 11.1 Å². The standard InChI is InChI=1S/C22H21N3O5/c1-15-7-9-17(10-8-15)21(28)30-14-18(26)13-25-12-11-19(24-22(25)29)23-20(27)16-5-3-2-4-6-16/h2-12,18,26H,13-14H2,1H3,(H,23,24,27,29)/t18-/m1/s1. The fourth-order valence-corrected chi connectivity index (χ4v) is 2.64. The molecule has 0 fully saturated rings. The Bertz CT molecular complexity index is 1080. The molecular formula is C22H21N3O5. The Labute approximate surface area is 172 Å². The maximum atomic E-state index is 12.2. The molecule has 0 aliphatic rings. The lowest BCUT2D eigenvalue weighted by molar-refractivity contribution is 0.0214. The number of anilines is 1. The zero-order valence-corrected chi connectivity index (χ0v) is 16.3. The number of hydrogen-bond acceptors (Lipinski definition) is 6. The summed E-state index contributed by atoms with van der Waals surface area (Å²) in [7, 11) is 0. The number of aliphatic hydroxyl groups is 1. The monoisotopic (exact) mass is 407 g/mol. The van der Waals surface area contributed by atoms with E-state index >= 15 is 0 Å². The molecule has 1 atom stereocenters. The second-order valence-electron chi connectivity index (χ2n) is 6.69. The zero-order valence-electron chi connectivity index (χ0n) is 16.3. The summed E-state index contributed by atoms with van der Waals surface area (Å²) in [5, 5.41) is 12.6. The van der Waals surface area contributed by atoms with Gasteiger partial charge in [-0.05, 0) is 37.3 Å². The summed E-state index contributed by atoms with van der Waals surface area (Å²) < 4.78 is 6.25. The number of aliphatic hydroxyl groups excluding tert-OH is 1. The Morgan fingerprint density at radius 3 is 2.43 bits per heavy atom. The summed E-state index contributed by atoms with van der Waals surface area (Å²) in [6.45, 7) is 1.52. The van der Waals surface area contributed by atoms with Crippen LogP contribution in [0.1, 0.15) is 26.3 Å². The molecule has 8 nitrogen and oxygen atoms in total. The largest absolute Gasteiger partial charge is 0.459 e. The third-order valence-corrected chi connectivity index (χ3v) is 4.25. The number of aryl methyl sites for hydroxylation is 1. The first-order valence-electron chi connectivity index (χ1n) is 9.28. The van der Waals surface area contributed by atoms with Gasteiger partial charge in [0.05, 0.1) is 12.1 Å². The molecule has 0 aliphatic heterocycles. The van der Waals surface area contributed by atoms with E-state index in [4.69, 9.17) is 4.74 Å². The maximum absolute atomic E-state index is 12.2. The Kier molecular flexibility index (Phi) is 6.71. The van der Waals surface area contributed by atoms with Crippen molar-refractivity contribution >= 4 is 17.7 Å². The molecule has 2 N–H and O–H groups in total. The highest BCUT2D eigenvalue weighted by molar-refractivity contribution is 6.03. The molecule has 0 unspecified atom stereocenters. The molecule has 1 aromatic heterocycles. The normalized spacial score (nSPS) is 11.5. The molecular weight excluding hydrogens is 386 g/mol. The molecule has 3 aromatic rings. The van der Waals surface area contributed by atoms with E-state index in [-0.39, 0.29) is 24.9 Å². The number of rotatable bonds is 7. The number of carbonyl (C=O) groups excluding carboxylic acids is 2. The highest BCUT2D eigenvalue weighted by Gasteiger charge is 2.13. The van der Waals surface area contributed by atoms with E-state index in [1.165, 1.54) is 16.8 Å². The van der Waals surface area contributed by atoms with E-state index in [1.807, 2.05) is 6.92 Å². The second-order valence-corrected chi connectivity index (χ2v) is 6.69. The summed E-state index contributed by atoms with van der Waals surface area (Å²) in [6.07, 6.45) is 0.310. The lowest BCUT2D eigenvalue weighted by atomic mass is 10.1. The number of hydrogen-bond donors (Lipinski definition) is 2. The summed E-state index contributed by atoms with van der Waals surface area (Å²) in [5.74, 6) is -0.841.